The second kappa shape index (κ2) is 7.95. The highest BCUT2D eigenvalue weighted by Gasteiger charge is 2.39. The van der Waals surface area contributed by atoms with E-state index in [4.69, 9.17) is 9.84 Å². The maximum atomic E-state index is 13.4. The lowest BCUT2D eigenvalue weighted by Crippen LogP contribution is -2.45. The van der Waals surface area contributed by atoms with E-state index in [9.17, 15) is 22.8 Å². The van der Waals surface area contributed by atoms with Gasteiger partial charge in [0.2, 0.25) is 0 Å². The van der Waals surface area contributed by atoms with Gasteiger partial charge in [0.15, 0.2) is 0 Å². The largest absolute Gasteiger partial charge is 0.491 e. The summed E-state index contributed by atoms with van der Waals surface area (Å²) >= 11 is 0. The summed E-state index contributed by atoms with van der Waals surface area (Å²) in [6.07, 6.45) is -1.44. The number of anilines is 1. The molecule has 1 aliphatic rings. The average molecular weight is 396 g/mol. The SMILES string of the molecule is O=C(O)c1cccc(OCC2CCCCN2c2cc[nH]c(=O)c2C(F)(F)F)c1. The number of ether oxygens (including phenoxy) is 1. The molecule has 0 amide bonds. The summed E-state index contributed by atoms with van der Waals surface area (Å²) in [6, 6.07) is 6.81. The summed E-state index contributed by atoms with van der Waals surface area (Å²) in [6.45, 7) is 0.447. The minimum absolute atomic E-state index is 0.0620. The van der Waals surface area contributed by atoms with E-state index < -0.39 is 23.3 Å². The van der Waals surface area contributed by atoms with Gasteiger partial charge in [-0.3, -0.25) is 4.79 Å². The lowest BCUT2D eigenvalue weighted by atomic mass is 10.0. The van der Waals surface area contributed by atoms with Crippen LogP contribution in [0.3, 0.4) is 0 Å². The maximum Gasteiger partial charge on any atom is 0.423 e. The molecule has 0 aliphatic carbocycles. The van der Waals surface area contributed by atoms with Crippen LogP contribution in [0.15, 0.2) is 41.3 Å². The van der Waals surface area contributed by atoms with Gasteiger partial charge in [-0.15, -0.1) is 0 Å². The number of hydrogen-bond donors (Lipinski definition) is 2. The Bertz CT molecular complexity index is 911. The number of carboxylic acid groups (broad SMARTS) is 1. The van der Waals surface area contributed by atoms with Gasteiger partial charge < -0.3 is 19.7 Å². The molecule has 9 heteroatoms. The normalized spacial score (nSPS) is 17.4. The number of alkyl halides is 3. The molecule has 150 valence electrons. The Hall–Kier alpha value is -2.97. The van der Waals surface area contributed by atoms with E-state index in [0.29, 0.717) is 25.1 Å². The molecule has 6 nitrogen and oxygen atoms in total. The molecule has 1 aromatic heterocycles. The second-order valence-corrected chi connectivity index (χ2v) is 6.55. The molecule has 0 radical (unpaired) electrons. The third-order valence-corrected chi connectivity index (χ3v) is 4.68. The molecule has 2 heterocycles. The van der Waals surface area contributed by atoms with E-state index in [-0.39, 0.29) is 23.9 Å². The Morgan fingerprint density at radius 3 is 2.79 bits per heavy atom. The van der Waals surface area contributed by atoms with E-state index >= 15 is 0 Å². The topological polar surface area (TPSA) is 82.6 Å². The zero-order valence-corrected chi connectivity index (χ0v) is 14.8. The average Bonchev–Trinajstić information content (AvgIpc) is 2.65. The third-order valence-electron chi connectivity index (χ3n) is 4.68. The van der Waals surface area contributed by atoms with Crippen LogP contribution in [0, 0.1) is 0 Å². The van der Waals surface area contributed by atoms with Gasteiger partial charge >= 0.3 is 12.1 Å². The number of aromatic nitrogens is 1. The molecule has 1 aliphatic heterocycles. The van der Waals surface area contributed by atoms with Crippen molar-refractivity contribution in [2.24, 2.45) is 0 Å². The number of rotatable bonds is 5. The highest BCUT2D eigenvalue weighted by atomic mass is 19.4. The first-order valence-corrected chi connectivity index (χ1v) is 8.79. The molecule has 3 rings (SSSR count). The number of halogens is 3. The first-order valence-electron chi connectivity index (χ1n) is 8.79. The number of pyridine rings is 1. The summed E-state index contributed by atoms with van der Waals surface area (Å²) < 4.78 is 46.0. The van der Waals surface area contributed by atoms with Crippen LogP contribution in [-0.4, -0.2) is 35.3 Å². The molecular weight excluding hydrogens is 377 g/mol. The van der Waals surface area contributed by atoms with Crippen molar-refractivity contribution in [1.82, 2.24) is 4.98 Å². The number of nitrogens with one attached hydrogen (secondary N) is 1. The van der Waals surface area contributed by atoms with Crippen LogP contribution >= 0.6 is 0 Å². The number of aromatic carboxylic acids is 1. The number of aromatic amines is 1. The maximum absolute atomic E-state index is 13.4. The van der Waals surface area contributed by atoms with E-state index in [1.54, 1.807) is 11.0 Å². The summed E-state index contributed by atoms with van der Waals surface area (Å²) in [4.78, 5) is 26.5. The first kappa shape index (κ1) is 19.8. The summed E-state index contributed by atoms with van der Waals surface area (Å²) in [5.41, 5.74) is -2.49. The molecule has 2 aromatic rings. The fourth-order valence-corrected chi connectivity index (χ4v) is 3.38. The number of piperidine rings is 1. The van der Waals surface area contributed by atoms with Gasteiger partial charge in [-0.05, 0) is 43.5 Å². The van der Waals surface area contributed by atoms with Crippen LogP contribution in [0.25, 0.3) is 0 Å². The Morgan fingerprint density at radius 2 is 2.07 bits per heavy atom. The minimum atomic E-state index is -4.77. The van der Waals surface area contributed by atoms with Crippen molar-refractivity contribution in [3.8, 4) is 5.75 Å². The highest BCUT2D eigenvalue weighted by Crippen LogP contribution is 2.36. The van der Waals surface area contributed by atoms with Crippen molar-refractivity contribution < 1.29 is 27.8 Å². The quantitative estimate of drug-likeness (QED) is 0.808. The van der Waals surface area contributed by atoms with Crippen molar-refractivity contribution >= 4 is 11.7 Å². The molecular formula is C19H19F3N2O4. The zero-order chi connectivity index (χ0) is 20.3. The van der Waals surface area contributed by atoms with E-state index in [1.807, 2.05) is 0 Å². The number of hydrogen-bond acceptors (Lipinski definition) is 4. The molecule has 1 atom stereocenters. The lowest BCUT2D eigenvalue weighted by Gasteiger charge is -2.38. The number of nitrogens with zero attached hydrogens (tertiary/aromatic N) is 1. The van der Waals surface area contributed by atoms with Gasteiger partial charge in [0.1, 0.15) is 17.9 Å². The smallest absolute Gasteiger partial charge is 0.423 e. The van der Waals surface area contributed by atoms with Crippen LogP contribution in [-0.2, 0) is 6.18 Å². The second-order valence-electron chi connectivity index (χ2n) is 6.55. The Balaban J connectivity index is 1.84. The standard InChI is InChI=1S/C19H19F3N2O4/c20-19(21,22)16-15(7-8-23-17(16)25)24-9-2-1-5-13(24)11-28-14-6-3-4-12(10-14)18(26)27/h3-4,6-8,10,13H,1-2,5,9,11H2,(H,23,25)(H,26,27). The van der Waals surface area contributed by atoms with Crippen LogP contribution in [0.5, 0.6) is 5.75 Å². The molecule has 0 saturated carbocycles. The fraction of sp³-hybridized carbons (Fsp3) is 0.368. The number of H-pyrrole nitrogens is 1. The minimum Gasteiger partial charge on any atom is -0.491 e. The fourth-order valence-electron chi connectivity index (χ4n) is 3.38. The molecule has 0 spiro atoms. The zero-order valence-electron chi connectivity index (χ0n) is 14.8. The van der Waals surface area contributed by atoms with Crippen LogP contribution in [0.2, 0.25) is 0 Å². The van der Waals surface area contributed by atoms with Crippen molar-refractivity contribution in [2.45, 2.75) is 31.5 Å². The molecule has 2 N–H and O–H groups in total. The summed E-state index contributed by atoms with van der Waals surface area (Å²) in [5.74, 6) is -0.768. The number of carboxylic acids is 1. The molecule has 1 fully saturated rings. The van der Waals surface area contributed by atoms with Crippen molar-refractivity contribution in [2.75, 3.05) is 18.1 Å². The molecule has 28 heavy (non-hydrogen) atoms. The van der Waals surface area contributed by atoms with Gasteiger partial charge in [0.25, 0.3) is 5.56 Å². The predicted molar refractivity (Wildman–Crippen MR) is 95.9 cm³/mol. The monoisotopic (exact) mass is 396 g/mol. The first-order chi connectivity index (χ1) is 13.3. The number of benzene rings is 1. The summed E-state index contributed by atoms with van der Waals surface area (Å²) in [5, 5.41) is 9.05. The van der Waals surface area contributed by atoms with Gasteiger partial charge in [-0.2, -0.15) is 13.2 Å². The molecule has 1 unspecified atom stereocenters. The van der Waals surface area contributed by atoms with Crippen LogP contribution < -0.4 is 15.2 Å². The van der Waals surface area contributed by atoms with E-state index in [2.05, 4.69) is 4.98 Å². The van der Waals surface area contributed by atoms with Gasteiger partial charge in [-0.25, -0.2) is 4.79 Å². The highest BCUT2D eigenvalue weighted by molar-refractivity contribution is 5.88. The van der Waals surface area contributed by atoms with Crippen molar-refractivity contribution in [3.63, 3.8) is 0 Å². The van der Waals surface area contributed by atoms with E-state index in [1.165, 1.54) is 30.5 Å². The third kappa shape index (κ3) is 4.29. The molecule has 0 bridgehead atoms. The predicted octanol–water partition coefficient (Wildman–Crippen LogP) is 3.53. The van der Waals surface area contributed by atoms with Gasteiger partial charge in [0.05, 0.1) is 17.3 Å². The van der Waals surface area contributed by atoms with Gasteiger partial charge in [0, 0.05) is 12.7 Å². The lowest BCUT2D eigenvalue weighted by molar-refractivity contribution is -0.138. The number of carbonyl (C=O) groups is 1. The Morgan fingerprint density at radius 1 is 1.29 bits per heavy atom. The molecule has 1 aromatic carbocycles. The van der Waals surface area contributed by atoms with Crippen molar-refractivity contribution in [1.29, 1.82) is 0 Å². The molecule has 1 saturated heterocycles. The Kier molecular flexibility index (Phi) is 5.62. The van der Waals surface area contributed by atoms with Crippen LogP contribution in [0.1, 0.15) is 35.2 Å². The van der Waals surface area contributed by atoms with Gasteiger partial charge in [-0.1, -0.05) is 6.07 Å². The van der Waals surface area contributed by atoms with Crippen LogP contribution in [0.4, 0.5) is 18.9 Å². The van der Waals surface area contributed by atoms with Crippen molar-refractivity contribution in [3.05, 3.63) is 58.0 Å². The Labute approximate surface area is 158 Å². The van der Waals surface area contributed by atoms with E-state index in [0.717, 1.165) is 6.42 Å². The summed E-state index contributed by atoms with van der Waals surface area (Å²) in [7, 11) is 0.